The maximum Gasteiger partial charge on any atom is 0.407 e. The number of ether oxygens (including phenoxy) is 1. The molecule has 0 spiro atoms. The Labute approximate surface area is 186 Å². The summed E-state index contributed by atoms with van der Waals surface area (Å²) in [5.74, 6) is 1.35. The standard InChI is InChI=1S/C24H26N4O4/c1-15-6-7-18-20(12-15)25-22(19-4-2-3-5-21(19)29)26-23(18)27-10-8-16(13-27)28(24(30)31)17-9-11-32-14-17/h2-7,12,16-17,29H,8-11,13-14H2,1H3,(H,30,31)/t16-,17+/m1/s1. The topological polar surface area (TPSA) is 99.0 Å². The van der Waals surface area contributed by atoms with Crippen LogP contribution < -0.4 is 4.90 Å². The second-order valence-corrected chi connectivity index (χ2v) is 8.50. The van der Waals surface area contributed by atoms with Crippen LogP contribution in [0.3, 0.4) is 0 Å². The number of benzene rings is 2. The number of rotatable bonds is 4. The average molecular weight is 434 g/mol. The van der Waals surface area contributed by atoms with Crippen LogP contribution in [0.25, 0.3) is 22.3 Å². The number of anilines is 1. The molecule has 0 bridgehead atoms. The zero-order chi connectivity index (χ0) is 22.2. The number of aryl methyl sites for hydroxylation is 1. The van der Waals surface area contributed by atoms with Gasteiger partial charge in [-0.3, -0.25) is 4.90 Å². The summed E-state index contributed by atoms with van der Waals surface area (Å²) in [6.45, 7) is 4.33. The molecule has 2 fully saturated rings. The van der Waals surface area contributed by atoms with E-state index in [2.05, 4.69) is 4.90 Å². The van der Waals surface area contributed by atoms with Gasteiger partial charge in [-0.15, -0.1) is 0 Å². The number of carboxylic acid groups (broad SMARTS) is 1. The zero-order valence-electron chi connectivity index (χ0n) is 17.9. The number of amides is 1. The van der Waals surface area contributed by atoms with E-state index in [1.54, 1.807) is 23.1 Å². The highest BCUT2D eigenvalue weighted by Gasteiger charge is 2.37. The van der Waals surface area contributed by atoms with E-state index in [4.69, 9.17) is 14.7 Å². The van der Waals surface area contributed by atoms with Crippen molar-refractivity contribution < 1.29 is 19.7 Å². The van der Waals surface area contributed by atoms with Crippen molar-refractivity contribution in [1.29, 1.82) is 0 Å². The van der Waals surface area contributed by atoms with Crippen LogP contribution in [0.2, 0.25) is 0 Å². The Hall–Kier alpha value is -3.39. The van der Waals surface area contributed by atoms with Gasteiger partial charge in [0, 0.05) is 25.1 Å². The van der Waals surface area contributed by atoms with Gasteiger partial charge in [0.2, 0.25) is 0 Å². The van der Waals surface area contributed by atoms with Gasteiger partial charge in [-0.2, -0.15) is 0 Å². The van der Waals surface area contributed by atoms with E-state index in [1.165, 1.54) is 0 Å². The fourth-order valence-corrected chi connectivity index (χ4v) is 4.76. The summed E-state index contributed by atoms with van der Waals surface area (Å²) in [6.07, 6.45) is 0.563. The van der Waals surface area contributed by atoms with E-state index in [0.717, 1.165) is 35.1 Å². The molecule has 3 heterocycles. The average Bonchev–Trinajstić information content (AvgIpc) is 3.46. The van der Waals surface area contributed by atoms with Crippen molar-refractivity contribution in [2.24, 2.45) is 0 Å². The third-order valence-corrected chi connectivity index (χ3v) is 6.35. The molecule has 2 aliphatic rings. The molecule has 0 saturated carbocycles. The first-order chi connectivity index (χ1) is 15.5. The van der Waals surface area contributed by atoms with Gasteiger partial charge in [0.05, 0.1) is 29.8 Å². The minimum absolute atomic E-state index is 0.0981. The number of phenols is 1. The molecule has 32 heavy (non-hydrogen) atoms. The number of para-hydroxylation sites is 1. The molecule has 0 aliphatic carbocycles. The van der Waals surface area contributed by atoms with Crippen LogP contribution in [0.4, 0.5) is 10.6 Å². The molecule has 1 aromatic heterocycles. The predicted molar refractivity (Wildman–Crippen MR) is 121 cm³/mol. The Balaban J connectivity index is 1.53. The van der Waals surface area contributed by atoms with Gasteiger partial charge in [-0.1, -0.05) is 18.2 Å². The summed E-state index contributed by atoms with van der Waals surface area (Å²) < 4.78 is 5.44. The second-order valence-electron chi connectivity index (χ2n) is 8.50. The van der Waals surface area contributed by atoms with Crippen molar-refractivity contribution in [1.82, 2.24) is 14.9 Å². The Morgan fingerprint density at radius 2 is 2.00 bits per heavy atom. The van der Waals surface area contributed by atoms with E-state index < -0.39 is 6.09 Å². The van der Waals surface area contributed by atoms with Gasteiger partial charge in [-0.05, 0) is 49.6 Å². The SMILES string of the molecule is Cc1ccc2c(N3CC[C@@H](N(C(=O)O)[C@H]4CCOC4)C3)nc(-c3ccccc3O)nc2c1. The molecule has 2 atom stereocenters. The monoisotopic (exact) mass is 434 g/mol. The van der Waals surface area contributed by atoms with Gasteiger partial charge in [0.15, 0.2) is 5.82 Å². The first kappa shape index (κ1) is 20.5. The second kappa shape index (κ2) is 8.27. The highest BCUT2D eigenvalue weighted by atomic mass is 16.5. The molecule has 5 rings (SSSR count). The number of nitrogens with zero attached hydrogens (tertiary/aromatic N) is 4. The van der Waals surface area contributed by atoms with E-state index in [1.807, 2.05) is 31.2 Å². The van der Waals surface area contributed by atoms with Gasteiger partial charge < -0.3 is 19.8 Å². The molecule has 1 amide bonds. The fourth-order valence-electron chi connectivity index (χ4n) is 4.76. The first-order valence-corrected chi connectivity index (χ1v) is 10.9. The minimum Gasteiger partial charge on any atom is -0.507 e. The van der Waals surface area contributed by atoms with E-state index in [9.17, 15) is 15.0 Å². The van der Waals surface area contributed by atoms with Gasteiger partial charge in [0.25, 0.3) is 0 Å². The molecule has 8 nitrogen and oxygen atoms in total. The number of fused-ring (bicyclic) bond motifs is 1. The number of aromatic nitrogens is 2. The molecule has 2 aromatic carbocycles. The van der Waals surface area contributed by atoms with Crippen molar-refractivity contribution in [2.45, 2.75) is 31.8 Å². The molecule has 2 N–H and O–H groups in total. The maximum atomic E-state index is 12.0. The van der Waals surface area contributed by atoms with Crippen molar-refractivity contribution in [3.8, 4) is 17.1 Å². The van der Waals surface area contributed by atoms with Gasteiger partial charge in [-0.25, -0.2) is 14.8 Å². The minimum atomic E-state index is -0.898. The number of phenolic OH excluding ortho intramolecular Hbond substituents is 1. The Morgan fingerprint density at radius 3 is 2.75 bits per heavy atom. The van der Waals surface area contributed by atoms with Crippen molar-refractivity contribution in [3.63, 3.8) is 0 Å². The lowest BCUT2D eigenvalue weighted by Gasteiger charge is -2.31. The third-order valence-electron chi connectivity index (χ3n) is 6.35. The molecule has 0 unspecified atom stereocenters. The number of aromatic hydroxyl groups is 1. The lowest BCUT2D eigenvalue weighted by Crippen LogP contribution is -2.48. The molecule has 2 aliphatic heterocycles. The summed E-state index contributed by atoms with van der Waals surface area (Å²) in [4.78, 5) is 25.3. The molecule has 2 saturated heterocycles. The summed E-state index contributed by atoms with van der Waals surface area (Å²) >= 11 is 0. The van der Waals surface area contributed by atoms with Crippen LogP contribution in [-0.2, 0) is 4.74 Å². The number of hydrogen-bond acceptors (Lipinski definition) is 6. The van der Waals surface area contributed by atoms with Crippen molar-refractivity contribution in [3.05, 3.63) is 48.0 Å². The number of carbonyl (C=O) groups is 1. The van der Waals surface area contributed by atoms with Crippen LogP contribution in [0, 0.1) is 6.92 Å². The molecule has 0 radical (unpaired) electrons. The summed E-state index contributed by atoms with van der Waals surface area (Å²) in [5, 5.41) is 21.2. The van der Waals surface area contributed by atoms with Crippen molar-refractivity contribution in [2.75, 3.05) is 31.2 Å². The summed E-state index contributed by atoms with van der Waals surface area (Å²) in [7, 11) is 0. The normalized spacial score (nSPS) is 20.7. The van der Waals surface area contributed by atoms with Gasteiger partial charge in [0.1, 0.15) is 11.6 Å². The van der Waals surface area contributed by atoms with Crippen LogP contribution in [-0.4, -0.2) is 69.6 Å². The third kappa shape index (κ3) is 3.71. The van der Waals surface area contributed by atoms with E-state index >= 15 is 0 Å². The van der Waals surface area contributed by atoms with Crippen LogP contribution in [0.5, 0.6) is 5.75 Å². The molecular weight excluding hydrogens is 408 g/mol. The zero-order valence-corrected chi connectivity index (χ0v) is 17.9. The molecular formula is C24H26N4O4. The summed E-state index contributed by atoms with van der Waals surface area (Å²) in [6, 6.07) is 12.9. The maximum absolute atomic E-state index is 12.0. The Kier molecular flexibility index (Phi) is 5.30. The lowest BCUT2D eigenvalue weighted by molar-refractivity contribution is 0.0928. The smallest absolute Gasteiger partial charge is 0.407 e. The van der Waals surface area contributed by atoms with E-state index in [-0.39, 0.29) is 17.8 Å². The lowest BCUT2D eigenvalue weighted by atomic mass is 10.1. The molecule has 3 aromatic rings. The Morgan fingerprint density at radius 1 is 1.16 bits per heavy atom. The quantitative estimate of drug-likeness (QED) is 0.646. The summed E-state index contributed by atoms with van der Waals surface area (Å²) in [5.41, 5.74) is 2.46. The van der Waals surface area contributed by atoms with Crippen molar-refractivity contribution >= 4 is 22.8 Å². The first-order valence-electron chi connectivity index (χ1n) is 10.9. The molecule has 8 heteroatoms. The predicted octanol–water partition coefficient (Wildman–Crippen LogP) is 3.66. The Bertz CT molecular complexity index is 1160. The number of hydrogen-bond donors (Lipinski definition) is 2. The van der Waals surface area contributed by atoms with Crippen LogP contribution in [0.1, 0.15) is 18.4 Å². The van der Waals surface area contributed by atoms with Crippen LogP contribution >= 0.6 is 0 Å². The highest BCUT2D eigenvalue weighted by molar-refractivity contribution is 5.92. The largest absolute Gasteiger partial charge is 0.507 e. The van der Waals surface area contributed by atoms with E-state index in [0.29, 0.717) is 37.7 Å². The fraction of sp³-hybridized carbons (Fsp3) is 0.375. The van der Waals surface area contributed by atoms with Gasteiger partial charge >= 0.3 is 6.09 Å². The molecule has 166 valence electrons. The van der Waals surface area contributed by atoms with Crippen LogP contribution in [0.15, 0.2) is 42.5 Å². The highest BCUT2D eigenvalue weighted by Crippen LogP contribution is 2.34.